The molecular weight excluding hydrogens is 321 g/mol. The third kappa shape index (κ3) is 3.25. The number of carbonyl (C=O) groups is 1. The van der Waals surface area contributed by atoms with E-state index in [-0.39, 0.29) is 28.7 Å². The number of nitrogens with two attached hydrogens (primary N) is 1. The standard InChI is InChI=1S/C9H9BrClNO3.ClH/c1-15-9(14)7(12)5-2-4(10)3-6(11)8(5)13;/h2-3,7,13H,12H2,1H3;1H/t7-;/m1./s1. The van der Waals surface area contributed by atoms with Crippen molar-refractivity contribution in [1.82, 2.24) is 0 Å². The van der Waals surface area contributed by atoms with E-state index in [9.17, 15) is 9.90 Å². The van der Waals surface area contributed by atoms with Gasteiger partial charge in [0.15, 0.2) is 0 Å². The second kappa shape index (κ2) is 6.30. The SMILES string of the molecule is COC(=O)[C@H](N)c1cc(Br)cc(Cl)c1O.Cl. The van der Waals surface area contributed by atoms with Gasteiger partial charge in [0.2, 0.25) is 0 Å². The van der Waals surface area contributed by atoms with E-state index in [1.165, 1.54) is 19.2 Å². The van der Waals surface area contributed by atoms with Gasteiger partial charge in [0, 0.05) is 10.0 Å². The minimum absolute atomic E-state index is 0. The first-order valence-electron chi connectivity index (χ1n) is 3.98. The number of aromatic hydroxyl groups is 1. The lowest BCUT2D eigenvalue weighted by molar-refractivity contribution is -0.142. The largest absolute Gasteiger partial charge is 0.506 e. The van der Waals surface area contributed by atoms with Crippen LogP contribution < -0.4 is 5.73 Å². The quantitative estimate of drug-likeness (QED) is 0.817. The van der Waals surface area contributed by atoms with Crippen molar-refractivity contribution in [3.8, 4) is 5.75 Å². The van der Waals surface area contributed by atoms with Crippen molar-refractivity contribution in [2.24, 2.45) is 5.73 Å². The van der Waals surface area contributed by atoms with Crippen LogP contribution in [0, 0.1) is 0 Å². The molecule has 16 heavy (non-hydrogen) atoms. The number of phenols is 1. The fourth-order valence-corrected chi connectivity index (χ4v) is 1.91. The Hall–Kier alpha value is -0.490. The van der Waals surface area contributed by atoms with E-state index < -0.39 is 12.0 Å². The van der Waals surface area contributed by atoms with Gasteiger partial charge in [0.05, 0.1) is 12.1 Å². The zero-order valence-electron chi connectivity index (χ0n) is 8.24. The summed E-state index contributed by atoms with van der Waals surface area (Å²) in [5.41, 5.74) is 5.80. The summed E-state index contributed by atoms with van der Waals surface area (Å²) in [6.07, 6.45) is 0. The zero-order valence-corrected chi connectivity index (χ0v) is 11.4. The fourth-order valence-electron chi connectivity index (χ4n) is 1.08. The molecule has 3 N–H and O–H groups in total. The molecule has 90 valence electrons. The highest BCUT2D eigenvalue weighted by atomic mass is 79.9. The molecule has 0 saturated carbocycles. The number of halogens is 3. The smallest absolute Gasteiger partial charge is 0.327 e. The van der Waals surface area contributed by atoms with Crippen LogP contribution in [0.15, 0.2) is 16.6 Å². The average Bonchev–Trinajstić information content (AvgIpc) is 2.21. The summed E-state index contributed by atoms with van der Waals surface area (Å²) in [7, 11) is 1.22. The normalized spacial score (nSPS) is 11.5. The third-order valence-electron chi connectivity index (χ3n) is 1.85. The van der Waals surface area contributed by atoms with Crippen molar-refractivity contribution in [1.29, 1.82) is 0 Å². The highest BCUT2D eigenvalue weighted by Crippen LogP contribution is 2.34. The fraction of sp³-hybridized carbons (Fsp3) is 0.222. The molecular formula is C9H10BrCl2NO3. The van der Waals surface area contributed by atoms with Crippen molar-refractivity contribution < 1.29 is 14.6 Å². The number of ether oxygens (including phenoxy) is 1. The predicted octanol–water partition coefficient (Wildman–Crippen LogP) is 2.40. The van der Waals surface area contributed by atoms with Gasteiger partial charge < -0.3 is 15.6 Å². The summed E-state index contributed by atoms with van der Waals surface area (Å²) in [6, 6.07) is 1.97. The van der Waals surface area contributed by atoms with E-state index in [0.717, 1.165) is 0 Å². The lowest BCUT2D eigenvalue weighted by Crippen LogP contribution is -2.22. The van der Waals surface area contributed by atoms with Crippen LogP contribution in [-0.2, 0) is 9.53 Å². The lowest BCUT2D eigenvalue weighted by atomic mass is 10.1. The lowest BCUT2D eigenvalue weighted by Gasteiger charge is -2.12. The Bertz CT molecular complexity index is 401. The van der Waals surface area contributed by atoms with Crippen molar-refractivity contribution >= 4 is 45.9 Å². The summed E-state index contributed by atoms with van der Waals surface area (Å²) < 4.78 is 5.09. The third-order valence-corrected chi connectivity index (χ3v) is 2.59. The first-order valence-corrected chi connectivity index (χ1v) is 5.15. The van der Waals surface area contributed by atoms with E-state index >= 15 is 0 Å². The summed E-state index contributed by atoms with van der Waals surface area (Å²) in [5, 5.41) is 9.72. The molecule has 1 atom stereocenters. The average molecular weight is 331 g/mol. The molecule has 0 amide bonds. The van der Waals surface area contributed by atoms with Gasteiger partial charge in [-0.3, -0.25) is 4.79 Å². The maximum atomic E-state index is 11.2. The second-order valence-electron chi connectivity index (χ2n) is 2.83. The van der Waals surface area contributed by atoms with Crippen molar-refractivity contribution in [2.75, 3.05) is 7.11 Å². The van der Waals surface area contributed by atoms with Crippen molar-refractivity contribution in [3.05, 3.63) is 27.2 Å². The van der Waals surface area contributed by atoms with Gasteiger partial charge in [0.25, 0.3) is 0 Å². The Balaban J connectivity index is 0.00000225. The van der Waals surface area contributed by atoms with Gasteiger partial charge in [-0.2, -0.15) is 0 Å². The Kier molecular flexibility index (Phi) is 6.10. The molecule has 0 radical (unpaired) electrons. The molecule has 0 aliphatic carbocycles. The first kappa shape index (κ1) is 15.5. The minimum atomic E-state index is -1.05. The van der Waals surface area contributed by atoms with Gasteiger partial charge in [0.1, 0.15) is 11.8 Å². The van der Waals surface area contributed by atoms with Crippen LogP contribution in [0.25, 0.3) is 0 Å². The van der Waals surface area contributed by atoms with Crippen LogP contribution in [0.5, 0.6) is 5.75 Å². The number of carbonyl (C=O) groups excluding carboxylic acids is 1. The van der Waals surface area contributed by atoms with Gasteiger partial charge in [-0.05, 0) is 12.1 Å². The van der Waals surface area contributed by atoms with Gasteiger partial charge in [-0.1, -0.05) is 27.5 Å². The minimum Gasteiger partial charge on any atom is -0.506 e. The summed E-state index contributed by atoms with van der Waals surface area (Å²) in [4.78, 5) is 11.2. The highest BCUT2D eigenvalue weighted by Gasteiger charge is 2.21. The maximum absolute atomic E-state index is 11.2. The van der Waals surface area contributed by atoms with Gasteiger partial charge >= 0.3 is 5.97 Å². The summed E-state index contributed by atoms with van der Waals surface area (Å²) in [5.74, 6) is -0.850. The number of methoxy groups -OCH3 is 1. The van der Waals surface area contributed by atoms with E-state index in [4.69, 9.17) is 17.3 Å². The molecule has 0 aromatic heterocycles. The van der Waals surface area contributed by atoms with Crippen LogP contribution in [0.4, 0.5) is 0 Å². The monoisotopic (exact) mass is 329 g/mol. The van der Waals surface area contributed by atoms with E-state index in [1.54, 1.807) is 0 Å². The van der Waals surface area contributed by atoms with E-state index in [0.29, 0.717) is 4.47 Å². The molecule has 0 spiro atoms. The first-order chi connectivity index (χ1) is 6.97. The van der Waals surface area contributed by atoms with Gasteiger partial charge in [-0.25, -0.2) is 0 Å². The molecule has 7 heteroatoms. The molecule has 4 nitrogen and oxygen atoms in total. The number of esters is 1. The van der Waals surface area contributed by atoms with Crippen LogP contribution in [0.3, 0.4) is 0 Å². The highest BCUT2D eigenvalue weighted by molar-refractivity contribution is 9.10. The zero-order chi connectivity index (χ0) is 11.6. The topological polar surface area (TPSA) is 72.5 Å². The van der Waals surface area contributed by atoms with E-state index in [2.05, 4.69) is 20.7 Å². The molecule has 1 aromatic rings. The molecule has 0 unspecified atom stereocenters. The second-order valence-corrected chi connectivity index (χ2v) is 4.15. The maximum Gasteiger partial charge on any atom is 0.327 e. The molecule has 0 aliphatic heterocycles. The van der Waals surface area contributed by atoms with Crippen LogP contribution in [0.1, 0.15) is 11.6 Å². The van der Waals surface area contributed by atoms with Crippen molar-refractivity contribution in [2.45, 2.75) is 6.04 Å². The Labute approximate surface area is 112 Å². The number of rotatable bonds is 2. The van der Waals surface area contributed by atoms with Gasteiger partial charge in [-0.15, -0.1) is 12.4 Å². The number of hydrogen-bond donors (Lipinski definition) is 2. The molecule has 1 rings (SSSR count). The molecule has 0 saturated heterocycles. The Morgan fingerprint density at radius 3 is 2.69 bits per heavy atom. The number of phenolic OH excluding ortho intramolecular Hbond substituents is 1. The molecule has 0 heterocycles. The molecule has 1 aromatic carbocycles. The van der Waals surface area contributed by atoms with Crippen LogP contribution in [0.2, 0.25) is 5.02 Å². The van der Waals surface area contributed by atoms with E-state index in [1.807, 2.05) is 0 Å². The number of hydrogen-bond acceptors (Lipinski definition) is 4. The Morgan fingerprint density at radius 2 is 2.19 bits per heavy atom. The van der Waals surface area contributed by atoms with Crippen LogP contribution in [-0.4, -0.2) is 18.2 Å². The molecule has 0 aliphatic rings. The number of benzene rings is 1. The Morgan fingerprint density at radius 1 is 1.62 bits per heavy atom. The summed E-state index contributed by atoms with van der Waals surface area (Å²) >= 11 is 8.91. The van der Waals surface area contributed by atoms with Crippen molar-refractivity contribution in [3.63, 3.8) is 0 Å². The summed E-state index contributed by atoms with van der Waals surface area (Å²) in [6.45, 7) is 0. The molecule has 0 bridgehead atoms. The molecule has 0 fully saturated rings. The van der Waals surface area contributed by atoms with Crippen LogP contribution >= 0.6 is 39.9 Å². The predicted molar refractivity (Wildman–Crippen MR) is 67.0 cm³/mol.